The van der Waals surface area contributed by atoms with Crippen LogP contribution in [0.25, 0.3) is 0 Å². The molecule has 141 heavy (non-hydrogen) atoms. The van der Waals surface area contributed by atoms with Crippen LogP contribution < -0.4 is 23.7 Å². The maximum Gasteiger partial charge on any atom is 0.251 e. The molecule has 6 aliphatic heterocycles. The highest BCUT2D eigenvalue weighted by Gasteiger charge is 2.65. The van der Waals surface area contributed by atoms with Crippen LogP contribution in [0, 0.1) is 30.2 Å². The third-order valence-corrected chi connectivity index (χ3v) is 32.9. The van der Waals surface area contributed by atoms with Gasteiger partial charge >= 0.3 is 0 Å². The topological polar surface area (TPSA) is 168 Å². The lowest BCUT2D eigenvalue weighted by Crippen LogP contribution is -2.48. The largest absolute Gasteiger partial charge is 0.508 e. The first-order valence-corrected chi connectivity index (χ1v) is 48.4. The Hall–Kier alpha value is -11.8. The van der Waals surface area contributed by atoms with E-state index in [-0.39, 0.29) is 113 Å². The summed E-state index contributed by atoms with van der Waals surface area (Å²) in [5, 5.41) is 57.5. The summed E-state index contributed by atoms with van der Waals surface area (Å²) in [5.41, 5.74) is 4.72. The van der Waals surface area contributed by atoms with E-state index >= 15 is 0 Å². The maximum atomic E-state index is 14.8. The molecule has 12 aromatic rings. The van der Waals surface area contributed by atoms with Gasteiger partial charge in [-0.25, -0.2) is 70.2 Å². The number of rotatable bonds is 6. The minimum atomic E-state index is -2.85. The van der Waals surface area contributed by atoms with Gasteiger partial charge in [-0.3, -0.25) is 0 Å². The van der Waals surface area contributed by atoms with Gasteiger partial charge in [-0.05, 0) is 225 Å². The zero-order valence-corrected chi connectivity index (χ0v) is 78.0. The van der Waals surface area contributed by atoms with E-state index in [9.17, 15) is 101 Å². The quantitative estimate of drug-likeness (QED) is 0.0874. The third kappa shape index (κ3) is 17.6. The van der Waals surface area contributed by atoms with Crippen molar-refractivity contribution in [3.8, 4) is 63.2 Å². The molecule has 11 nitrogen and oxygen atoms in total. The van der Waals surface area contributed by atoms with Crippen molar-refractivity contribution < 1.29 is 125 Å². The van der Waals surface area contributed by atoms with Crippen LogP contribution in [0.3, 0.4) is 0 Å². The number of aromatic hydroxyl groups is 6. The van der Waals surface area contributed by atoms with Crippen LogP contribution in [0.1, 0.15) is 201 Å². The summed E-state index contributed by atoms with van der Waals surface area (Å²) in [6.45, 7) is 1.94. The second kappa shape index (κ2) is 36.6. The van der Waals surface area contributed by atoms with E-state index in [4.69, 9.17) is 46.9 Å². The Morgan fingerprint density at radius 2 is 0.596 bits per heavy atom. The number of ether oxygens (including phenoxy) is 5. The highest BCUT2D eigenvalue weighted by atomic mass is 35.5. The first-order valence-electron chi connectivity index (χ1n) is 46.7. The second-order valence-corrected chi connectivity index (χ2v) is 41.0. The number of phenolic OH excluding ortho intramolecular Hbond substituents is 6. The minimum Gasteiger partial charge on any atom is -0.508 e. The van der Waals surface area contributed by atoms with E-state index in [1.807, 2.05) is 73.7 Å². The van der Waals surface area contributed by atoms with Crippen molar-refractivity contribution in [1.29, 1.82) is 0 Å². The van der Waals surface area contributed by atoms with Gasteiger partial charge in [0.25, 0.3) is 29.6 Å². The van der Waals surface area contributed by atoms with Gasteiger partial charge in [0.15, 0.2) is 23.1 Å². The average molecular weight is 2010 g/mol. The molecule has 6 aliphatic carbocycles. The summed E-state index contributed by atoms with van der Waals surface area (Å²) in [6, 6.07) is 67.6. The number of para-hydroxylation sites is 2. The first-order chi connectivity index (χ1) is 66.9. The van der Waals surface area contributed by atoms with Crippen LogP contribution >= 0.6 is 35.0 Å². The van der Waals surface area contributed by atoms with E-state index < -0.39 is 151 Å². The van der Waals surface area contributed by atoms with E-state index in [0.29, 0.717) is 97.0 Å². The zero-order chi connectivity index (χ0) is 99.7. The number of aryl methyl sites for hydroxylation is 1. The summed E-state index contributed by atoms with van der Waals surface area (Å²) in [5.74, 6) is -16.7. The van der Waals surface area contributed by atoms with Crippen molar-refractivity contribution in [2.24, 2.45) is 0 Å². The van der Waals surface area contributed by atoms with E-state index in [0.717, 1.165) is 50.8 Å². The molecule has 0 aromatic heterocycles. The van der Waals surface area contributed by atoms with Crippen molar-refractivity contribution in [3.63, 3.8) is 0 Å². The molecule has 12 aromatic carbocycles. The molecule has 6 N–H and O–H groups in total. The number of alkyl halides is 12. The Balaban J connectivity index is 0.000000108. The number of phenols is 6. The highest BCUT2D eigenvalue weighted by Crippen LogP contribution is 2.67. The van der Waals surface area contributed by atoms with Crippen LogP contribution in [-0.4, -0.2) is 102 Å². The van der Waals surface area contributed by atoms with Gasteiger partial charge in [0.1, 0.15) is 93.9 Å². The van der Waals surface area contributed by atoms with Crippen molar-refractivity contribution in [1.82, 2.24) is 0 Å². The molecule has 0 radical (unpaired) electrons. The standard InChI is InChI=1S/C19H16ClF3O2.C19H16F4OS.C19H18F2O2.C18H15ClF2O2.C18H15F3O2.C18H16F2O2/c2*20-12-3-1-4-15-17(12)19(11-5-6-14(24)13(21)9-11)8-2-7-18(22,23)10-16(19)25-15;1-12-3-2-4-15-17(12)23-16-11-18(20,21)9-10-19(15,16)13-5-7-14(22)8-6-13;2*19-13-2-1-3-14-16(13)18(11-4-6-12(22)7-5-11)9-8-17(20,21)10-15(18)23-14;19-17(20)9-10-18(12-5-7-13(21)8-6-12)14-3-1-2-4-15(14)22-16(18)11-17/h2*1,3-6,9,16,24H,2,7-8,10H2;2-8,16,22H,9-11H2,1H3;2*1-7,15,22H,8-10H2;1-8,16,21H,9-11H2. The van der Waals surface area contributed by atoms with E-state index in [2.05, 4.69) is 0 Å². The van der Waals surface area contributed by atoms with Crippen LogP contribution in [-0.2, 0) is 32.5 Å². The van der Waals surface area contributed by atoms with Gasteiger partial charge in [-0.2, -0.15) is 0 Å². The number of halogens is 18. The highest BCUT2D eigenvalue weighted by molar-refractivity contribution is 8.00. The smallest absolute Gasteiger partial charge is 0.251 e. The molecule has 6 saturated carbocycles. The molecule has 6 heterocycles. The average Bonchev–Trinajstić information content (AvgIpc) is 1.58. The molecule has 24 rings (SSSR count). The van der Waals surface area contributed by atoms with Gasteiger partial charge in [-0.15, -0.1) is 11.8 Å². The lowest BCUT2D eigenvalue weighted by atomic mass is 9.63. The maximum absolute atomic E-state index is 14.8. The Morgan fingerprint density at radius 1 is 0.277 bits per heavy atom. The molecule has 12 unspecified atom stereocenters. The van der Waals surface area contributed by atoms with Gasteiger partial charge < -0.3 is 54.3 Å². The fourth-order valence-electron chi connectivity index (χ4n) is 24.3. The molecule has 12 atom stereocenters. The SMILES string of the molecule is Cc1cccc2c1OC1CC(F)(F)CCC21c1ccc(O)cc1.Oc1ccc(C23CCC(F)(F)CC2Oc2cccc(Cl)c23)cc1.Oc1ccc(C23CCC(F)(F)CC2Oc2cccc(F)c23)cc1.Oc1ccc(C23CCC(F)(F)CC2Oc2ccccc23)cc1.Oc1ccc(C23CCCC(F)(F)CC2Oc2cccc(Cl)c23)cc1F.Oc1ccc(C23CCCC(F)(F)CC2Sc2cccc(F)c23)cc1F. The normalized spacial score (nSPS) is 27.8. The number of hydrogen-bond donors (Lipinski definition) is 6. The number of fused-ring (bicyclic) bond motifs is 18. The Labute approximate surface area is 816 Å². The van der Waals surface area contributed by atoms with Crippen LogP contribution in [0.2, 0.25) is 10.0 Å². The van der Waals surface area contributed by atoms with Gasteiger partial charge in [0.05, 0.1) is 27.1 Å². The Kier molecular flexibility index (Phi) is 25.4. The summed E-state index contributed by atoms with van der Waals surface area (Å²) in [7, 11) is 0. The predicted octanol–water partition coefficient (Wildman–Crippen LogP) is 29.2. The van der Waals surface area contributed by atoms with Gasteiger partial charge in [0.2, 0.25) is 5.92 Å². The molecule has 30 heteroatoms. The van der Waals surface area contributed by atoms with Crippen LogP contribution in [0.4, 0.5) is 70.2 Å². The molecule has 0 bridgehead atoms. The summed E-state index contributed by atoms with van der Waals surface area (Å²) in [4.78, 5) is 0.635. The molecule has 0 spiro atoms. The Bertz CT molecular complexity index is 6440. The van der Waals surface area contributed by atoms with Crippen LogP contribution in [0.15, 0.2) is 254 Å². The molecule has 0 saturated heterocycles. The monoisotopic (exact) mass is 2010 g/mol. The predicted molar refractivity (Wildman–Crippen MR) is 500 cm³/mol. The Morgan fingerprint density at radius 3 is 1.06 bits per heavy atom. The molecule has 12 aliphatic rings. The van der Waals surface area contributed by atoms with E-state index in [1.54, 1.807) is 121 Å². The van der Waals surface area contributed by atoms with Crippen LogP contribution in [0.5, 0.6) is 63.2 Å². The summed E-state index contributed by atoms with van der Waals surface area (Å²) >= 11 is 14.1. The van der Waals surface area contributed by atoms with Gasteiger partial charge in [-0.1, -0.05) is 145 Å². The molecule has 0 amide bonds. The number of hydrogen-bond acceptors (Lipinski definition) is 12. The fourth-order valence-corrected chi connectivity index (χ4v) is 26.7. The molecule has 6 fully saturated rings. The van der Waals surface area contributed by atoms with Gasteiger partial charge in [0, 0.05) is 136 Å². The summed E-state index contributed by atoms with van der Waals surface area (Å²) < 4.78 is 255. The number of benzene rings is 12. The van der Waals surface area contributed by atoms with E-state index in [1.165, 1.54) is 66.4 Å². The lowest BCUT2D eigenvalue weighted by Gasteiger charge is -2.41. The van der Waals surface area contributed by atoms with Crippen molar-refractivity contribution in [2.75, 3.05) is 0 Å². The molecular formula is C111H96Cl2F16O11S. The minimum absolute atomic E-state index is 0.0792. The first kappa shape index (κ1) is 98.0. The van der Waals surface area contributed by atoms with Crippen molar-refractivity contribution in [2.45, 2.75) is 244 Å². The van der Waals surface area contributed by atoms with Crippen molar-refractivity contribution >= 4 is 35.0 Å². The zero-order valence-electron chi connectivity index (χ0n) is 75.7. The molecule has 738 valence electrons. The van der Waals surface area contributed by atoms with Crippen molar-refractivity contribution in [3.05, 3.63) is 354 Å². The second-order valence-electron chi connectivity index (χ2n) is 39.0. The fraction of sp³-hybridized carbons (Fsp3) is 0.351. The molecular weight excluding hydrogens is 1920 g/mol. The lowest BCUT2D eigenvalue weighted by molar-refractivity contribution is -0.0837. The number of thioether (sulfide) groups is 1. The third-order valence-electron chi connectivity index (χ3n) is 30.8. The summed E-state index contributed by atoms with van der Waals surface area (Å²) in [6.07, 6.45) is -4.75.